The van der Waals surface area contributed by atoms with Crippen LogP contribution in [0.15, 0.2) is 35.5 Å². The summed E-state index contributed by atoms with van der Waals surface area (Å²) in [7, 11) is -4.16. The van der Waals surface area contributed by atoms with Gasteiger partial charge in [0.15, 0.2) is 5.82 Å². The molecule has 0 bridgehead atoms. The van der Waals surface area contributed by atoms with Gasteiger partial charge in [0, 0.05) is 43.1 Å². The highest BCUT2D eigenvalue weighted by molar-refractivity contribution is 7.90. The topological polar surface area (TPSA) is 127 Å². The zero-order valence-electron chi connectivity index (χ0n) is 24.1. The number of anilines is 1. The standard InChI is InChI=1S/C25H35BF3N7O4S/c1-16-12-24(5,6)35(13-16)22-18(26(37)33-41(38,39)19-14-34(7)31-17(19)2)8-9-20(30-22)36-11-10-21(32-36)40-15-23(3,4)25(27,28)29/h8-11,14,16,33,37H,12-13,15H2,1-7H3. The van der Waals surface area contributed by atoms with Crippen molar-refractivity contribution in [3.8, 4) is 11.7 Å². The molecule has 4 rings (SSSR count). The van der Waals surface area contributed by atoms with Crippen LogP contribution in [0.25, 0.3) is 5.82 Å². The molecule has 1 saturated heterocycles. The van der Waals surface area contributed by atoms with E-state index in [0.29, 0.717) is 24.1 Å². The number of rotatable bonds is 9. The SMILES string of the molecule is Cc1nn(C)cc1S(=O)(=O)NB(O)c1ccc(-n2ccc(OCC(C)(C)C(F)(F)F)n2)nc1N1CC(C)CC1(C)C. The fourth-order valence-electron chi connectivity index (χ4n) is 4.93. The molecule has 3 aromatic heterocycles. The van der Waals surface area contributed by atoms with Crippen LogP contribution in [0.1, 0.15) is 46.7 Å². The number of nitrogens with one attached hydrogen (secondary N) is 1. The molecule has 11 nitrogen and oxygen atoms in total. The van der Waals surface area contributed by atoms with Gasteiger partial charge in [-0.05, 0) is 53.0 Å². The Morgan fingerprint density at radius 3 is 2.46 bits per heavy atom. The van der Waals surface area contributed by atoms with Crippen molar-refractivity contribution in [1.29, 1.82) is 0 Å². The number of alkyl halides is 3. The first kappa shape index (κ1) is 30.8. The summed E-state index contributed by atoms with van der Waals surface area (Å²) >= 11 is 0. The number of ether oxygens (including phenoxy) is 1. The number of sulfonamides is 1. The Balaban J connectivity index is 1.67. The number of aryl methyl sites for hydroxylation is 2. The van der Waals surface area contributed by atoms with Crippen molar-refractivity contribution in [2.75, 3.05) is 18.1 Å². The molecular formula is C25H35BF3N7O4S. The highest BCUT2D eigenvalue weighted by Gasteiger charge is 2.48. The Morgan fingerprint density at radius 2 is 1.90 bits per heavy atom. The third kappa shape index (κ3) is 6.38. The zero-order valence-corrected chi connectivity index (χ0v) is 24.9. The lowest BCUT2D eigenvalue weighted by atomic mass is 9.75. The van der Waals surface area contributed by atoms with Gasteiger partial charge in [-0.25, -0.2) is 22.7 Å². The van der Waals surface area contributed by atoms with E-state index < -0.39 is 35.3 Å². The maximum absolute atomic E-state index is 13.2. The molecule has 0 spiro atoms. The third-order valence-corrected chi connectivity index (χ3v) is 8.70. The Labute approximate surface area is 237 Å². The second-order valence-electron chi connectivity index (χ2n) is 11.9. The van der Waals surface area contributed by atoms with Crippen LogP contribution in [0, 0.1) is 18.3 Å². The first-order valence-electron chi connectivity index (χ1n) is 13.1. The molecule has 1 fully saturated rings. The van der Waals surface area contributed by atoms with Crippen LogP contribution < -0.4 is 19.7 Å². The van der Waals surface area contributed by atoms with E-state index in [0.717, 1.165) is 20.3 Å². The van der Waals surface area contributed by atoms with E-state index >= 15 is 0 Å². The lowest BCUT2D eigenvalue weighted by molar-refractivity contribution is -0.219. The summed E-state index contributed by atoms with van der Waals surface area (Å²) in [5, 5.41) is 19.5. The van der Waals surface area contributed by atoms with E-state index in [2.05, 4.69) is 21.8 Å². The Bertz CT molecular complexity index is 1520. The zero-order chi connectivity index (χ0) is 30.5. The van der Waals surface area contributed by atoms with E-state index in [-0.39, 0.29) is 27.5 Å². The first-order chi connectivity index (χ1) is 18.8. The highest BCUT2D eigenvalue weighted by atomic mass is 32.2. The monoisotopic (exact) mass is 597 g/mol. The van der Waals surface area contributed by atoms with Crippen molar-refractivity contribution in [1.82, 2.24) is 29.2 Å². The molecular weight excluding hydrogens is 562 g/mol. The molecule has 41 heavy (non-hydrogen) atoms. The summed E-state index contributed by atoms with van der Waals surface area (Å²) in [5.74, 6) is 0.953. The van der Waals surface area contributed by atoms with Crippen molar-refractivity contribution in [3.05, 3.63) is 36.3 Å². The molecule has 0 amide bonds. The van der Waals surface area contributed by atoms with Crippen molar-refractivity contribution in [2.24, 2.45) is 18.4 Å². The van der Waals surface area contributed by atoms with Gasteiger partial charge >= 0.3 is 13.2 Å². The highest BCUT2D eigenvalue weighted by Crippen LogP contribution is 2.38. The molecule has 4 heterocycles. The minimum atomic E-state index is -4.44. The number of hydrogen-bond acceptors (Lipinski definition) is 8. The van der Waals surface area contributed by atoms with Gasteiger partial charge in [-0.2, -0.15) is 18.3 Å². The second-order valence-corrected chi connectivity index (χ2v) is 13.5. The molecule has 224 valence electrons. The minimum Gasteiger partial charge on any atom is -0.476 e. The molecule has 0 saturated carbocycles. The summed E-state index contributed by atoms with van der Waals surface area (Å²) in [4.78, 5) is 6.69. The summed E-state index contributed by atoms with van der Waals surface area (Å²) in [5.41, 5.74) is -1.91. The van der Waals surface area contributed by atoms with Crippen LogP contribution in [0.2, 0.25) is 0 Å². The fourth-order valence-corrected chi connectivity index (χ4v) is 6.20. The van der Waals surface area contributed by atoms with Gasteiger partial charge in [0.05, 0.1) is 11.1 Å². The van der Waals surface area contributed by atoms with E-state index in [1.807, 2.05) is 18.7 Å². The molecule has 3 aromatic rings. The Hall–Kier alpha value is -3.11. The lowest BCUT2D eigenvalue weighted by Gasteiger charge is -2.34. The van der Waals surface area contributed by atoms with Gasteiger partial charge in [0.1, 0.15) is 17.3 Å². The van der Waals surface area contributed by atoms with Crippen molar-refractivity contribution < 1.29 is 31.3 Å². The summed E-state index contributed by atoms with van der Waals surface area (Å²) in [6, 6.07) is 4.52. The maximum Gasteiger partial charge on any atom is 0.431 e. The largest absolute Gasteiger partial charge is 0.476 e. The number of nitrogens with zero attached hydrogens (tertiary/aromatic N) is 6. The second kappa shape index (κ2) is 10.6. The third-order valence-electron chi connectivity index (χ3n) is 7.19. The molecule has 16 heteroatoms. The number of hydrogen-bond donors (Lipinski definition) is 2. The van der Waals surface area contributed by atoms with Crippen molar-refractivity contribution in [2.45, 2.75) is 64.6 Å². The van der Waals surface area contributed by atoms with Crippen LogP contribution in [0.5, 0.6) is 5.88 Å². The van der Waals surface area contributed by atoms with Crippen LogP contribution in [-0.2, 0) is 17.1 Å². The number of halogens is 3. The molecule has 0 aliphatic carbocycles. The van der Waals surface area contributed by atoms with Crippen LogP contribution in [0.3, 0.4) is 0 Å². The molecule has 1 aliphatic heterocycles. The lowest BCUT2D eigenvalue weighted by Crippen LogP contribution is -2.52. The molecule has 0 aromatic carbocycles. The fraction of sp³-hybridized carbons (Fsp3) is 0.560. The smallest absolute Gasteiger partial charge is 0.431 e. The molecule has 1 aliphatic rings. The van der Waals surface area contributed by atoms with E-state index in [1.165, 1.54) is 33.9 Å². The maximum atomic E-state index is 13.2. The Kier molecular flexibility index (Phi) is 7.99. The summed E-state index contributed by atoms with van der Waals surface area (Å²) < 4.78 is 76.2. The van der Waals surface area contributed by atoms with Gasteiger partial charge in [0.2, 0.25) is 15.9 Å². The quantitative estimate of drug-likeness (QED) is 0.361. The van der Waals surface area contributed by atoms with Gasteiger partial charge in [-0.15, -0.1) is 5.10 Å². The average Bonchev–Trinajstić information content (AvgIpc) is 3.52. The van der Waals surface area contributed by atoms with Gasteiger partial charge < -0.3 is 14.7 Å². The van der Waals surface area contributed by atoms with Crippen LogP contribution >= 0.6 is 0 Å². The predicted octanol–water partition coefficient (Wildman–Crippen LogP) is 2.57. The normalized spacial score (nSPS) is 17.7. The average molecular weight is 597 g/mol. The van der Waals surface area contributed by atoms with Crippen molar-refractivity contribution in [3.63, 3.8) is 0 Å². The van der Waals surface area contributed by atoms with Gasteiger partial charge in [-0.1, -0.05) is 13.0 Å². The summed E-state index contributed by atoms with van der Waals surface area (Å²) in [6.45, 7) is 9.80. The van der Waals surface area contributed by atoms with Gasteiger partial charge in [0.25, 0.3) is 0 Å². The molecule has 1 unspecified atom stereocenters. The number of pyridine rings is 1. The summed E-state index contributed by atoms with van der Waals surface area (Å²) in [6.07, 6.45) is -0.752. The van der Waals surface area contributed by atoms with E-state index in [1.54, 1.807) is 20.0 Å². The number of aromatic nitrogens is 5. The van der Waals surface area contributed by atoms with E-state index in [4.69, 9.17) is 9.72 Å². The van der Waals surface area contributed by atoms with Crippen LogP contribution in [0.4, 0.5) is 19.0 Å². The Morgan fingerprint density at radius 1 is 1.22 bits per heavy atom. The van der Waals surface area contributed by atoms with E-state index in [9.17, 15) is 26.6 Å². The van der Waals surface area contributed by atoms with Gasteiger partial charge in [-0.3, -0.25) is 4.68 Å². The molecule has 0 radical (unpaired) electrons. The van der Waals surface area contributed by atoms with Crippen molar-refractivity contribution >= 4 is 28.4 Å². The minimum absolute atomic E-state index is 0.00971. The molecule has 2 N–H and O–H groups in total. The van der Waals surface area contributed by atoms with Crippen LogP contribution in [-0.4, -0.2) is 69.9 Å². The first-order valence-corrected chi connectivity index (χ1v) is 14.5. The molecule has 1 atom stereocenters. The predicted molar refractivity (Wildman–Crippen MR) is 148 cm³/mol.